The van der Waals surface area contributed by atoms with Crippen LogP contribution in [0.4, 0.5) is 4.79 Å². The fourth-order valence-corrected chi connectivity index (χ4v) is 5.46. The van der Waals surface area contributed by atoms with Crippen molar-refractivity contribution in [3.8, 4) is 0 Å². The lowest BCUT2D eigenvalue weighted by Gasteiger charge is -2.33. The Balaban J connectivity index is 1.61. The Morgan fingerprint density at radius 1 is 1.25 bits per heavy atom. The highest BCUT2D eigenvalue weighted by molar-refractivity contribution is 6.09. The van der Waals surface area contributed by atoms with Crippen molar-refractivity contribution in [2.45, 2.75) is 37.6 Å². The SMILES string of the molecule is C=CC(=O)N1CCC=C(c2ccc(C(N)=O)c3c2C2=C(CCC4(C2)NC(=O)NC4=O)C3)C1. The number of carbonyl (C=O) groups excluding carboxylic acids is 4. The summed E-state index contributed by atoms with van der Waals surface area (Å²) >= 11 is 0. The third kappa shape index (κ3) is 2.97. The van der Waals surface area contributed by atoms with Gasteiger partial charge in [0.15, 0.2) is 0 Å². The minimum Gasteiger partial charge on any atom is -0.366 e. The molecule has 1 saturated heterocycles. The van der Waals surface area contributed by atoms with Crippen molar-refractivity contribution in [3.63, 3.8) is 0 Å². The van der Waals surface area contributed by atoms with Crippen LogP contribution in [0.25, 0.3) is 11.1 Å². The number of nitrogens with zero attached hydrogens (tertiary/aromatic N) is 1. The van der Waals surface area contributed by atoms with Gasteiger partial charge in [0.1, 0.15) is 5.54 Å². The van der Waals surface area contributed by atoms with Crippen LogP contribution < -0.4 is 16.4 Å². The summed E-state index contributed by atoms with van der Waals surface area (Å²) in [6.07, 6.45) is 6.29. The molecule has 0 aromatic heterocycles. The Bertz CT molecular complexity index is 1180. The van der Waals surface area contributed by atoms with E-state index in [1.54, 1.807) is 11.0 Å². The van der Waals surface area contributed by atoms with E-state index in [0.29, 0.717) is 44.3 Å². The molecule has 8 nitrogen and oxygen atoms in total. The molecule has 1 aromatic carbocycles. The van der Waals surface area contributed by atoms with Crippen LogP contribution in [0.2, 0.25) is 0 Å². The van der Waals surface area contributed by atoms with E-state index < -0.39 is 17.5 Å². The average molecular weight is 432 g/mol. The molecule has 4 aliphatic rings. The maximum absolute atomic E-state index is 12.6. The highest BCUT2D eigenvalue weighted by Gasteiger charge is 2.50. The molecule has 0 radical (unpaired) electrons. The summed E-state index contributed by atoms with van der Waals surface area (Å²) in [5, 5.41) is 5.19. The molecule has 1 spiro atoms. The van der Waals surface area contributed by atoms with Crippen molar-refractivity contribution in [2.24, 2.45) is 5.73 Å². The van der Waals surface area contributed by atoms with Gasteiger partial charge in [-0.1, -0.05) is 24.3 Å². The summed E-state index contributed by atoms with van der Waals surface area (Å²) in [5.74, 6) is -0.923. The number of nitrogens with two attached hydrogens (primary N) is 1. The van der Waals surface area contributed by atoms with Gasteiger partial charge in [-0.15, -0.1) is 0 Å². The first-order valence-electron chi connectivity index (χ1n) is 10.7. The summed E-state index contributed by atoms with van der Waals surface area (Å²) < 4.78 is 0. The Morgan fingerprint density at radius 3 is 2.75 bits per heavy atom. The second kappa shape index (κ2) is 7.19. The van der Waals surface area contributed by atoms with Gasteiger partial charge in [-0.3, -0.25) is 19.7 Å². The summed E-state index contributed by atoms with van der Waals surface area (Å²) in [5.41, 5.74) is 11.1. The van der Waals surface area contributed by atoms with E-state index in [4.69, 9.17) is 5.73 Å². The molecular formula is C24H24N4O4. The molecule has 2 aliphatic carbocycles. The van der Waals surface area contributed by atoms with E-state index in [-0.39, 0.29) is 11.8 Å². The molecule has 5 amide bonds. The quantitative estimate of drug-likeness (QED) is 0.497. The molecule has 2 aliphatic heterocycles. The molecule has 164 valence electrons. The zero-order chi connectivity index (χ0) is 22.6. The van der Waals surface area contributed by atoms with Crippen LogP contribution in [0.15, 0.2) is 36.4 Å². The first-order valence-corrected chi connectivity index (χ1v) is 10.7. The minimum absolute atomic E-state index is 0.122. The molecule has 2 heterocycles. The van der Waals surface area contributed by atoms with Crippen LogP contribution in [-0.2, 0) is 16.0 Å². The smallest absolute Gasteiger partial charge is 0.322 e. The van der Waals surface area contributed by atoms with Crippen molar-refractivity contribution in [1.29, 1.82) is 0 Å². The van der Waals surface area contributed by atoms with Gasteiger partial charge in [0.2, 0.25) is 11.8 Å². The maximum Gasteiger partial charge on any atom is 0.322 e. The summed E-state index contributed by atoms with van der Waals surface area (Å²) in [6, 6.07) is 3.16. The highest BCUT2D eigenvalue weighted by Crippen LogP contribution is 2.49. The maximum atomic E-state index is 12.6. The van der Waals surface area contributed by atoms with Crippen molar-refractivity contribution in [2.75, 3.05) is 13.1 Å². The first-order chi connectivity index (χ1) is 15.3. The van der Waals surface area contributed by atoms with Gasteiger partial charge in [-0.05, 0) is 65.7 Å². The fourth-order valence-electron chi connectivity index (χ4n) is 5.46. The molecule has 32 heavy (non-hydrogen) atoms. The van der Waals surface area contributed by atoms with E-state index in [9.17, 15) is 19.2 Å². The second-order valence-corrected chi connectivity index (χ2v) is 8.79. The Hall–Kier alpha value is -3.68. The van der Waals surface area contributed by atoms with Gasteiger partial charge in [-0.25, -0.2) is 4.79 Å². The lowest BCUT2D eigenvalue weighted by molar-refractivity contribution is -0.125. The largest absolute Gasteiger partial charge is 0.366 e. The van der Waals surface area contributed by atoms with Gasteiger partial charge in [-0.2, -0.15) is 0 Å². The predicted molar refractivity (Wildman–Crippen MR) is 118 cm³/mol. The van der Waals surface area contributed by atoms with Crippen LogP contribution in [0.5, 0.6) is 0 Å². The first kappa shape index (κ1) is 20.2. The standard InChI is InChI=1S/C24H24N4O4/c1-2-19(29)28-9-3-4-14(12-28)15-5-6-16(21(25)30)17-10-13-7-8-24(11-18(13)20(15)17)22(31)26-23(32)27-24/h2,4-6H,1,3,7-12H2,(H2,25,30)(H2,26,27,31,32). The molecular weight excluding hydrogens is 408 g/mol. The number of imide groups is 1. The molecule has 0 saturated carbocycles. The summed E-state index contributed by atoms with van der Waals surface area (Å²) in [7, 11) is 0. The zero-order valence-electron chi connectivity index (χ0n) is 17.6. The topological polar surface area (TPSA) is 122 Å². The minimum atomic E-state index is -0.969. The van der Waals surface area contributed by atoms with Gasteiger partial charge in [0.05, 0.1) is 0 Å². The Kier molecular flexibility index (Phi) is 4.54. The van der Waals surface area contributed by atoms with Gasteiger partial charge < -0.3 is 16.0 Å². The van der Waals surface area contributed by atoms with E-state index in [2.05, 4.69) is 23.3 Å². The van der Waals surface area contributed by atoms with Gasteiger partial charge in [0.25, 0.3) is 5.91 Å². The van der Waals surface area contributed by atoms with Crippen LogP contribution in [0, 0.1) is 0 Å². The number of nitrogens with one attached hydrogen (secondary N) is 2. The van der Waals surface area contributed by atoms with E-state index >= 15 is 0 Å². The number of primary amides is 1. The van der Waals surface area contributed by atoms with Crippen LogP contribution in [-0.4, -0.2) is 47.3 Å². The zero-order valence-corrected chi connectivity index (χ0v) is 17.6. The number of hydrogen-bond acceptors (Lipinski definition) is 4. The summed E-state index contributed by atoms with van der Waals surface area (Å²) in [6.45, 7) is 4.66. The predicted octanol–water partition coefficient (Wildman–Crippen LogP) is 1.66. The van der Waals surface area contributed by atoms with Gasteiger partial charge in [0, 0.05) is 25.1 Å². The van der Waals surface area contributed by atoms with Gasteiger partial charge >= 0.3 is 6.03 Å². The lowest BCUT2D eigenvalue weighted by Crippen LogP contribution is -2.48. The van der Waals surface area contributed by atoms with E-state index in [1.807, 2.05) is 6.07 Å². The van der Waals surface area contributed by atoms with E-state index in [1.165, 1.54) is 11.6 Å². The molecule has 5 rings (SSSR count). The normalized spacial score (nSPS) is 24.0. The second-order valence-electron chi connectivity index (χ2n) is 8.79. The molecule has 1 aromatic rings. The molecule has 0 bridgehead atoms. The monoisotopic (exact) mass is 432 g/mol. The van der Waals surface area contributed by atoms with Crippen LogP contribution in [0.1, 0.15) is 52.7 Å². The number of amides is 5. The Morgan fingerprint density at radius 2 is 2.06 bits per heavy atom. The number of fused-ring (bicyclic) bond motifs is 2. The molecule has 4 N–H and O–H groups in total. The van der Waals surface area contributed by atoms with Crippen molar-refractivity contribution in [1.82, 2.24) is 15.5 Å². The van der Waals surface area contributed by atoms with Crippen LogP contribution in [0.3, 0.4) is 0 Å². The Labute approximate surface area is 185 Å². The molecule has 1 unspecified atom stereocenters. The van der Waals surface area contributed by atoms with Crippen molar-refractivity contribution < 1.29 is 19.2 Å². The molecule has 8 heteroatoms. The highest BCUT2D eigenvalue weighted by atomic mass is 16.2. The van der Waals surface area contributed by atoms with Crippen molar-refractivity contribution >= 4 is 34.9 Å². The van der Waals surface area contributed by atoms with Crippen molar-refractivity contribution in [3.05, 3.63) is 58.7 Å². The number of hydrogen-bond donors (Lipinski definition) is 3. The van der Waals surface area contributed by atoms with E-state index in [0.717, 1.165) is 34.3 Å². The average Bonchev–Trinajstić information content (AvgIpc) is 3.28. The number of carbonyl (C=O) groups is 4. The number of urea groups is 1. The number of allylic oxidation sites excluding steroid dienone is 1. The number of rotatable bonds is 3. The molecule has 1 fully saturated rings. The fraction of sp³-hybridized carbons (Fsp3) is 0.333. The third-order valence-corrected chi connectivity index (χ3v) is 7.03. The summed E-state index contributed by atoms with van der Waals surface area (Å²) in [4.78, 5) is 50.6. The third-order valence-electron chi connectivity index (χ3n) is 7.03. The number of benzene rings is 1. The lowest BCUT2D eigenvalue weighted by atomic mass is 9.76. The van der Waals surface area contributed by atoms with Crippen LogP contribution >= 0.6 is 0 Å². The molecule has 1 atom stereocenters.